The fourth-order valence-electron chi connectivity index (χ4n) is 0.976. The Balaban J connectivity index is 0.00000121. The predicted octanol–water partition coefficient (Wildman–Crippen LogP) is 3.73. The zero-order chi connectivity index (χ0) is 8.27. The first-order chi connectivity index (χ1) is 5.24. The van der Waals surface area contributed by atoms with Gasteiger partial charge in [0, 0.05) is 20.8 Å². The van der Waals surface area contributed by atoms with Gasteiger partial charge in [0.2, 0.25) is 0 Å². The van der Waals surface area contributed by atoms with Gasteiger partial charge >= 0.3 is 0 Å². The smallest absolute Gasteiger partial charge is 0.0390 e. The van der Waals surface area contributed by atoms with E-state index in [1.54, 1.807) is 11.3 Å². The molecule has 1 nitrogen and oxygen atoms in total. The second kappa shape index (κ2) is 5.97. The van der Waals surface area contributed by atoms with Crippen molar-refractivity contribution in [1.82, 2.24) is 0 Å². The van der Waals surface area contributed by atoms with Crippen molar-refractivity contribution < 1.29 is 0 Å². The molecule has 4 heteroatoms. The molecule has 0 aliphatic rings. The number of thiophene rings is 1. The van der Waals surface area contributed by atoms with Gasteiger partial charge in [0.25, 0.3) is 0 Å². The van der Waals surface area contributed by atoms with Crippen LogP contribution in [0.5, 0.6) is 0 Å². The second-order valence-corrected chi connectivity index (χ2v) is 4.42. The molecule has 1 aromatic heterocycles. The van der Waals surface area contributed by atoms with Crippen molar-refractivity contribution in [3.63, 3.8) is 0 Å². The molecule has 0 saturated carbocycles. The highest BCUT2D eigenvalue weighted by Gasteiger charge is 2.06. The number of hydrogen-bond acceptors (Lipinski definition) is 2. The summed E-state index contributed by atoms with van der Waals surface area (Å²) in [5, 5.41) is 2.07. The molecule has 0 amide bonds. The van der Waals surface area contributed by atoms with E-state index in [0.29, 0.717) is 0 Å². The Hall–Kier alpha value is 0.430. The average molecular weight is 271 g/mol. The van der Waals surface area contributed by atoms with Crippen molar-refractivity contribution in [3.05, 3.63) is 20.8 Å². The van der Waals surface area contributed by atoms with Crippen LogP contribution in [-0.2, 0) is 0 Å². The maximum absolute atomic E-state index is 5.91. The summed E-state index contributed by atoms with van der Waals surface area (Å²) in [4.78, 5) is 1.28. The van der Waals surface area contributed by atoms with Crippen molar-refractivity contribution in [3.8, 4) is 0 Å². The van der Waals surface area contributed by atoms with Crippen molar-refractivity contribution in [2.75, 3.05) is 0 Å². The van der Waals surface area contributed by atoms with Crippen LogP contribution in [0, 0.1) is 0 Å². The summed E-state index contributed by atoms with van der Waals surface area (Å²) in [7, 11) is 0. The van der Waals surface area contributed by atoms with Crippen molar-refractivity contribution in [1.29, 1.82) is 0 Å². The lowest BCUT2D eigenvalue weighted by atomic mass is 10.1. The van der Waals surface area contributed by atoms with Crippen LogP contribution in [0.3, 0.4) is 0 Å². The molecule has 12 heavy (non-hydrogen) atoms. The van der Waals surface area contributed by atoms with Crippen LogP contribution in [0.25, 0.3) is 0 Å². The molecule has 0 aromatic carbocycles. The predicted molar refractivity (Wildman–Crippen MR) is 61.1 cm³/mol. The average Bonchev–Trinajstić information content (AvgIpc) is 2.36. The molecule has 0 radical (unpaired) electrons. The van der Waals surface area contributed by atoms with Crippen LogP contribution < -0.4 is 5.73 Å². The van der Waals surface area contributed by atoms with Crippen molar-refractivity contribution >= 4 is 39.7 Å². The SMILES string of the molecule is CCC[C@H](N)c1cc(Br)cs1.Cl. The van der Waals surface area contributed by atoms with Gasteiger partial charge in [-0.3, -0.25) is 0 Å². The highest BCUT2D eigenvalue weighted by atomic mass is 79.9. The quantitative estimate of drug-likeness (QED) is 0.890. The van der Waals surface area contributed by atoms with Crippen LogP contribution in [-0.4, -0.2) is 0 Å². The second-order valence-electron chi connectivity index (χ2n) is 2.56. The molecular formula is C8H13BrClNS. The first-order valence-electron chi connectivity index (χ1n) is 3.73. The van der Waals surface area contributed by atoms with Gasteiger partial charge < -0.3 is 5.73 Å². The summed E-state index contributed by atoms with van der Waals surface area (Å²) in [6.07, 6.45) is 2.23. The van der Waals surface area contributed by atoms with E-state index in [2.05, 4.69) is 34.3 Å². The molecule has 1 atom stereocenters. The van der Waals surface area contributed by atoms with Gasteiger partial charge in [-0.2, -0.15) is 0 Å². The number of rotatable bonds is 3. The standard InChI is InChI=1S/C8H12BrNS.ClH/c1-2-3-7(10)8-4-6(9)5-11-8;/h4-5,7H,2-3,10H2,1H3;1H/t7-;/m0./s1. The van der Waals surface area contributed by atoms with Gasteiger partial charge in [0.1, 0.15) is 0 Å². The van der Waals surface area contributed by atoms with E-state index in [4.69, 9.17) is 5.73 Å². The Morgan fingerprint density at radius 2 is 2.33 bits per heavy atom. The zero-order valence-corrected chi connectivity index (χ0v) is 10.1. The van der Waals surface area contributed by atoms with E-state index < -0.39 is 0 Å². The molecule has 0 aliphatic heterocycles. The van der Waals surface area contributed by atoms with Gasteiger partial charge in [-0.15, -0.1) is 23.7 Å². The normalized spacial score (nSPS) is 12.2. The third-order valence-electron chi connectivity index (χ3n) is 1.55. The lowest BCUT2D eigenvalue weighted by Gasteiger charge is -2.05. The summed E-state index contributed by atoms with van der Waals surface area (Å²) >= 11 is 5.13. The van der Waals surface area contributed by atoms with Crippen LogP contribution in [0.2, 0.25) is 0 Å². The Morgan fingerprint density at radius 1 is 1.67 bits per heavy atom. The van der Waals surface area contributed by atoms with Crippen LogP contribution in [0.15, 0.2) is 15.9 Å². The van der Waals surface area contributed by atoms with Crippen LogP contribution in [0.4, 0.5) is 0 Å². The maximum Gasteiger partial charge on any atom is 0.0390 e. The minimum Gasteiger partial charge on any atom is -0.323 e. The molecule has 1 aromatic rings. The first kappa shape index (κ1) is 12.4. The van der Waals surface area contributed by atoms with Gasteiger partial charge in [-0.05, 0) is 28.4 Å². The molecule has 1 heterocycles. The first-order valence-corrected chi connectivity index (χ1v) is 5.40. The molecule has 0 aliphatic carbocycles. The third kappa shape index (κ3) is 3.44. The highest BCUT2D eigenvalue weighted by molar-refractivity contribution is 9.10. The van der Waals surface area contributed by atoms with E-state index in [9.17, 15) is 0 Å². The summed E-state index contributed by atoms with van der Waals surface area (Å²) < 4.78 is 1.14. The van der Waals surface area contributed by atoms with Gasteiger partial charge in [0.05, 0.1) is 0 Å². The van der Waals surface area contributed by atoms with E-state index >= 15 is 0 Å². The van der Waals surface area contributed by atoms with Crippen molar-refractivity contribution in [2.24, 2.45) is 5.73 Å². The van der Waals surface area contributed by atoms with Crippen LogP contribution >= 0.6 is 39.7 Å². The summed E-state index contributed by atoms with van der Waals surface area (Å²) in [6.45, 7) is 2.16. The zero-order valence-electron chi connectivity index (χ0n) is 6.92. The largest absolute Gasteiger partial charge is 0.323 e. The topological polar surface area (TPSA) is 26.0 Å². The number of halogens is 2. The summed E-state index contributed by atoms with van der Waals surface area (Å²) in [5.41, 5.74) is 5.91. The highest BCUT2D eigenvalue weighted by Crippen LogP contribution is 2.26. The van der Waals surface area contributed by atoms with Crippen LogP contribution in [0.1, 0.15) is 30.7 Å². The molecule has 0 bridgehead atoms. The summed E-state index contributed by atoms with van der Waals surface area (Å²) in [5.74, 6) is 0. The molecule has 0 fully saturated rings. The Morgan fingerprint density at radius 3 is 2.75 bits per heavy atom. The lowest BCUT2D eigenvalue weighted by molar-refractivity contribution is 0.648. The Kier molecular flexibility index (Phi) is 6.19. The molecule has 0 saturated heterocycles. The molecule has 1 rings (SSSR count). The molecule has 70 valence electrons. The Labute approximate surface area is 91.9 Å². The molecule has 0 spiro atoms. The fraction of sp³-hybridized carbons (Fsp3) is 0.500. The lowest BCUT2D eigenvalue weighted by Crippen LogP contribution is -2.07. The van der Waals surface area contributed by atoms with E-state index in [0.717, 1.165) is 17.3 Å². The minimum atomic E-state index is 0. The molecule has 2 N–H and O–H groups in total. The van der Waals surface area contributed by atoms with Gasteiger partial charge in [-0.25, -0.2) is 0 Å². The number of nitrogens with two attached hydrogens (primary N) is 1. The van der Waals surface area contributed by atoms with E-state index in [1.165, 1.54) is 4.88 Å². The van der Waals surface area contributed by atoms with E-state index in [1.807, 2.05) is 0 Å². The van der Waals surface area contributed by atoms with Gasteiger partial charge in [-0.1, -0.05) is 13.3 Å². The monoisotopic (exact) mass is 269 g/mol. The number of hydrogen-bond donors (Lipinski definition) is 1. The maximum atomic E-state index is 5.91. The summed E-state index contributed by atoms with van der Waals surface area (Å²) in [6, 6.07) is 2.33. The third-order valence-corrected chi connectivity index (χ3v) is 3.38. The minimum absolute atomic E-state index is 0. The molecule has 0 unspecified atom stereocenters. The molecular weight excluding hydrogens is 258 g/mol. The van der Waals surface area contributed by atoms with Crippen molar-refractivity contribution in [2.45, 2.75) is 25.8 Å². The van der Waals surface area contributed by atoms with E-state index in [-0.39, 0.29) is 18.4 Å². The Bertz CT molecular complexity index is 227. The van der Waals surface area contributed by atoms with Gasteiger partial charge in [0.15, 0.2) is 0 Å². The fourth-order valence-corrected chi connectivity index (χ4v) is 2.46.